The molecule has 7 heteroatoms. The maximum Gasteiger partial charge on any atom is 0.391 e. The van der Waals surface area contributed by atoms with Crippen LogP contribution in [0.3, 0.4) is 0 Å². The maximum absolute atomic E-state index is 12.7. The lowest BCUT2D eigenvalue weighted by atomic mass is 9.96. The summed E-state index contributed by atoms with van der Waals surface area (Å²) in [6, 6.07) is 1.82. The first-order chi connectivity index (χ1) is 9.90. The van der Waals surface area contributed by atoms with Crippen LogP contribution in [0, 0.1) is 12.8 Å². The number of aryl methyl sites for hydroxylation is 1. The summed E-state index contributed by atoms with van der Waals surface area (Å²) in [5, 5.41) is 3.19. The second-order valence-electron chi connectivity index (χ2n) is 5.39. The first-order valence-corrected chi connectivity index (χ1v) is 7.31. The Hall–Kier alpha value is -1.53. The molecular weight excluding hydrogens is 281 g/mol. The molecule has 2 heterocycles. The lowest BCUT2D eigenvalue weighted by Crippen LogP contribution is -2.39. The zero-order chi connectivity index (χ0) is 15.5. The number of piperidine rings is 1. The predicted molar refractivity (Wildman–Crippen MR) is 76.5 cm³/mol. The van der Waals surface area contributed by atoms with Gasteiger partial charge in [-0.25, -0.2) is 9.97 Å². The normalized spacial score (nSPS) is 17.1. The van der Waals surface area contributed by atoms with Crippen molar-refractivity contribution in [3.8, 4) is 0 Å². The van der Waals surface area contributed by atoms with Gasteiger partial charge in [0, 0.05) is 25.7 Å². The molecule has 0 spiro atoms. The van der Waals surface area contributed by atoms with E-state index in [9.17, 15) is 13.2 Å². The Morgan fingerprint density at radius 3 is 2.52 bits per heavy atom. The number of hydrogen-bond donors (Lipinski definition) is 1. The molecule has 0 saturated carbocycles. The van der Waals surface area contributed by atoms with E-state index in [2.05, 4.69) is 22.2 Å². The molecule has 0 aliphatic carbocycles. The lowest BCUT2D eigenvalue weighted by molar-refractivity contribution is -0.179. The topological polar surface area (TPSA) is 41.0 Å². The number of hydrogen-bond acceptors (Lipinski definition) is 4. The zero-order valence-electron chi connectivity index (χ0n) is 12.4. The van der Waals surface area contributed by atoms with E-state index < -0.39 is 12.1 Å². The van der Waals surface area contributed by atoms with E-state index in [1.807, 2.05) is 11.0 Å². The Bertz CT molecular complexity index is 468. The molecular formula is C14H21F3N4. The van der Waals surface area contributed by atoms with Crippen LogP contribution < -0.4 is 10.2 Å². The van der Waals surface area contributed by atoms with E-state index in [1.54, 1.807) is 6.92 Å². The van der Waals surface area contributed by atoms with Crippen LogP contribution in [0.4, 0.5) is 24.8 Å². The standard InChI is InChI=1S/C14H21F3N4/c1-3-6-18-12-9-13(20-10(2)19-12)21-7-4-11(5-8-21)14(15,16)17/h9,11H,3-8H2,1-2H3,(H,18,19,20). The van der Waals surface area contributed by atoms with E-state index >= 15 is 0 Å². The van der Waals surface area contributed by atoms with Crippen LogP contribution in [0.25, 0.3) is 0 Å². The highest BCUT2D eigenvalue weighted by Gasteiger charge is 2.41. The van der Waals surface area contributed by atoms with Gasteiger partial charge < -0.3 is 10.2 Å². The van der Waals surface area contributed by atoms with Crippen molar-refractivity contribution in [2.24, 2.45) is 5.92 Å². The summed E-state index contributed by atoms with van der Waals surface area (Å²) in [7, 11) is 0. The first-order valence-electron chi connectivity index (χ1n) is 7.31. The average molecular weight is 302 g/mol. The van der Waals surface area contributed by atoms with Crippen molar-refractivity contribution in [3.05, 3.63) is 11.9 Å². The van der Waals surface area contributed by atoms with Gasteiger partial charge in [-0.3, -0.25) is 0 Å². The van der Waals surface area contributed by atoms with E-state index in [4.69, 9.17) is 0 Å². The summed E-state index contributed by atoms with van der Waals surface area (Å²) in [4.78, 5) is 10.5. The van der Waals surface area contributed by atoms with Crippen LogP contribution in [-0.2, 0) is 0 Å². The smallest absolute Gasteiger partial charge is 0.370 e. The minimum absolute atomic E-state index is 0.129. The lowest BCUT2D eigenvalue weighted by Gasteiger charge is -2.33. The van der Waals surface area contributed by atoms with Crippen molar-refractivity contribution in [1.82, 2.24) is 9.97 Å². The molecule has 1 fully saturated rings. The summed E-state index contributed by atoms with van der Waals surface area (Å²) in [6.07, 6.45) is -2.84. The Kier molecular flexibility index (Phi) is 4.90. The molecule has 118 valence electrons. The van der Waals surface area contributed by atoms with E-state index in [0.29, 0.717) is 24.7 Å². The molecule has 1 aromatic rings. The Labute approximate surface area is 122 Å². The van der Waals surface area contributed by atoms with Crippen LogP contribution in [0.5, 0.6) is 0 Å². The molecule has 0 atom stereocenters. The average Bonchev–Trinajstić information content (AvgIpc) is 2.44. The monoisotopic (exact) mass is 302 g/mol. The third-order valence-corrected chi connectivity index (χ3v) is 3.66. The Morgan fingerprint density at radius 2 is 1.95 bits per heavy atom. The fourth-order valence-corrected chi connectivity index (χ4v) is 2.49. The van der Waals surface area contributed by atoms with Crippen molar-refractivity contribution in [2.45, 2.75) is 39.3 Å². The predicted octanol–water partition coefficient (Wildman–Crippen LogP) is 3.39. The zero-order valence-corrected chi connectivity index (χ0v) is 12.4. The summed E-state index contributed by atoms with van der Waals surface area (Å²) in [5.41, 5.74) is 0. The molecule has 1 aliphatic rings. The molecule has 1 saturated heterocycles. The fourth-order valence-electron chi connectivity index (χ4n) is 2.49. The van der Waals surface area contributed by atoms with Gasteiger partial charge in [-0.15, -0.1) is 0 Å². The highest BCUT2D eigenvalue weighted by molar-refractivity contribution is 5.49. The Balaban J connectivity index is 2.04. The van der Waals surface area contributed by atoms with Gasteiger partial charge in [-0.2, -0.15) is 13.2 Å². The number of nitrogens with one attached hydrogen (secondary N) is 1. The number of rotatable bonds is 4. The quantitative estimate of drug-likeness (QED) is 0.925. The number of anilines is 2. The van der Waals surface area contributed by atoms with E-state index in [-0.39, 0.29) is 12.8 Å². The highest BCUT2D eigenvalue weighted by Crippen LogP contribution is 2.35. The minimum Gasteiger partial charge on any atom is -0.370 e. The van der Waals surface area contributed by atoms with Gasteiger partial charge >= 0.3 is 6.18 Å². The van der Waals surface area contributed by atoms with Gasteiger partial charge in [0.1, 0.15) is 17.5 Å². The van der Waals surface area contributed by atoms with Crippen molar-refractivity contribution < 1.29 is 13.2 Å². The van der Waals surface area contributed by atoms with Crippen LogP contribution in [0.1, 0.15) is 32.0 Å². The molecule has 21 heavy (non-hydrogen) atoms. The van der Waals surface area contributed by atoms with Gasteiger partial charge in [-0.05, 0) is 26.2 Å². The van der Waals surface area contributed by atoms with Crippen molar-refractivity contribution in [2.75, 3.05) is 29.9 Å². The van der Waals surface area contributed by atoms with Gasteiger partial charge in [-0.1, -0.05) is 6.92 Å². The fraction of sp³-hybridized carbons (Fsp3) is 0.714. The largest absolute Gasteiger partial charge is 0.391 e. The minimum atomic E-state index is -4.08. The van der Waals surface area contributed by atoms with Crippen LogP contribution in [0.2, 0.25) is 0 Å². The van der Waals surface area contributed by atoms with Crippen molar-refractivity contribution in [3.63, 3.8) is 0 Å². The second-order valence-corrected chi connectivity index (χ2v) is 5.39. The summed E-state index contributed by atoms with van der Waals surface area (Å²) in [5.74, 6) is 0.887. The van der Waals surface area contributed by atoms with Crippen molar-refractivity contribution in [1.29, 1.82) is 0 Å². The number of alkyl halides is 3. The molecule has 0 bridgehead atoms. The third-order valence-electron chi connectivity index (χ3n) is 3.66. The first kappa shape index (κ1) is 15.9. The SMILES string of the molecule is CCCNc1cc(N2CCC(C(F)(F)F)CC2)nc(C)n1. The molecule has 1 aliphatic heterocycles. The number of nitrogens with zero attached hydrogens (tertiary/aromatic N) is 3. The molecule has 0 radical (unpaired) electrons. The molecule has 0 unspecified atom stereocenters. The molecule has 0 amide bonds. The van der Waals surface area contributed by atoms with Gasteiger partial charge in [0.15, 0.2) is 0 Å². The van der Waals surface area contributed by atoms with Crippen molar-refractivity contribution >= 4 is 11.6 Å². The summed E-state index contributed by atoms with van der Waals surface area (Å²) < 4.78 is 38.1. The second kappa shape index (κ2) is 6.49. The van der Waals surface area contributed by atoms with E-state index in [1.165, 1.54) is 0 Å². The molecule has 2 rings (SSSR count). The highest BCUT2D eigenvalue weighted by atomic mass is 19.4. The molecule has 1 N–H and O–H groups in total. The van der Waals surface area contributed by atoms with Gasteiger partial charge in [0.25, 0.3) is 0 Å². The van der Waals surface area contributed by atoms with Crippen LogP contribution in [-0.4, -0.2) is 35.8 Å². The third kappa shape index (κ3) is 4.22. The van der Waals surface area contributed by atoms with Crippen LogP contribution >= 0.6 is 0 Å². The molecule has 1 aromatic heterocycles. The molecule has 0 aromatic carbocycles. The number of halogens is 3. The van der Waals surface area contributed by atoms with Crippen LogP contribution in [0.15, 0.2) is 6.07 Å². The summed E-state index contributed by atoms with van der Waals surface area (Å²) >= 11 is 0. The summed E-state index contributed by atoms with van der Waals surface area (Å²) in [6.45, 7) is 5.43. The van der Waals surface area contributed by atoms with Gasteiger partial charge in [0.2, 0.25) is 0 Å². The molecule has 4 nitrogen and oxygen atoms in total. The number of aromatic nitrogens is 2. The van der Waals surface area contributed by atoms with Gasteiger partial charge in [0.05, 0.1) is 5.92 Å². The van der Waals surface area contributed by atoms with E-state index in [0.717, 1.165) is 18.8 Å². The Morgan fingerprint density at radius 1 is 1.29 bits per heavy atom. The maximum atomic E-state index is 12.7.